The van der Waals surface area contributed by atoms with Gasteiger partial charge in [0.1, 0.15) is 0 Å². The molecule has 0 atom stereocenters. The normalized spacial score (nSPS) is 8.27. The molecule has 0 unspecified atom stereocenters. The van der Waals surface area contributed by atoms with Gasteiger partial charge in [0.25, 0.3) is 0 Å². The van der Waals surface area contributed by atoms with Crippen LogP contribution in [0.15, 0.2) is 54.6 Å². The zero-order valence-electron chi connectivity index (χ0n) is 7.94. The topological polar surface area (TPSA) is 4.36 Å². The Balaban J connectivity index is 0.00000112. The van der Waals surface area contributed by atoms with Gasteiger partial charge in [-0.2, -0.15) is 0 Å². The number of para-hydroxylation sites is 1. The predicted molar refractivity (Wildman–Crippen MR) is 57.7 cm³/mol. The molecule has 0 aromatic heterocycles. The van der Waals surface area contributed by atoms with E-state index in [9.17, 15) is 0 Å². The molecule has 0 fully saturated rings. The third kappa shape index (κ3) is 3.73. The summed E-state index contributed by atoms with van der Waals surface area (Å²) in [6, 6.07) is 23.4. The summed E-state index contributed by atoms with van der Waals surface area (Å²) in [5.41, 5.74) is 1.78. The summed E-state index contributed by atoms with van der Waals surface area (Å²) in [7, 11) is 0. The van der Waals surface area contributed by atoms with Gasteiger partial charge in [-0.3, -0.25) is 0 Å². The molecular formula is C13H9AgN+. The van der Waals surface area contributed by atoms with Crippen LogP contribution >= 0.6 is 0 Å². The van der Waals surface area contributed by atoms with Crippen LogP contribution in [0.1, 0.15) is 5.56 Å². The molecule has 0 radical (unpaired) electrons. The van der Waals surface area contributed by atoms with Crippen molar-refractivity contribution in [1.29, 1.82) is 0 Å². The Labute approximate surface area is 105 Å². The van der Waals surface area contributed by atoms with Crippen molar-refractivity contribution in [3.05, 3.63) is 71.1 Å². The molecule has 0 N–H and O–H groups in total. The number of hydrogen-bond donors (Lipinski definition) is 0. The minimum Gasteiger partial charge on any atom is -0.146 e. The predicted octanol–water partition coefficient (Wildman–Crippen LogP) is 3.50. The van der Waals surface area contributed by atoms with Gasteiger partial charge in [-0.05, 0) is 5.56 Å². The largest absolute Gasteiger partial charge is 1.00 e. The molecule has 0 amide bonds. The minimum absolute atomic E-state index is 0. The van der Waals surface area contributed by atoms with Crippen molar-refractivity contribution >= 4 is 5.69 Å². The summed E-state index contributed by atoms with van der Waals surface area (Å²) in [6.07, 6.45) is 0. The second-order valence-corrected chi connectivity index (χ2v) is 2.84. The van der Waals surface area contributed by atoms with E-state index in [1.165, 1.54) is 0 Å². The third-order valence-corrected chi connectivity index (χ3v) is 1.77. The van der Waals surface area contributed by atoms with Crippen LogP contribution in [0.4, 0.5) is 5.69 Å². The number of hydrogen-bond acceptors (Lipinski definition) is 0. The van der Waals surface area contributed by atoms with Crippen molar-refractivity contribution < 1.29 is 22.4 Å². The molecule has 0 aliphatic heterocycles. The van der Waals surface area contributed by atoms with Gasteiger partial charge in [-0.25, -0.2) is 0 Å². The van der Waals surface area contributed by atoms with Gasteiger partial charge in [-0.15, -0.1) is 30.3 Å². The van der Waals surface area contributed by atoms with E-state index < -0.39 is 0 Å². The molecule has 2 rings (SSSR count). The van der Waals surface area contributed by atoms with E-state index in [-0.39, 0.29) is 22.4 Å². The van der Waals surface area contributed by atoms with Crippen LogP contribution in [0.5, 0.6) is 0 Å². The first-order valence-corrected chi connectivity index (χ1v) is 4.44. The second-order valence-electron chi connectivity index (χ2n) is 2.84. The van der Waals surface area contributed by atoms with Crippen LogP contribution in [0.25, 0.3) is 4.85 Å². The summed E-state index contributed by atoms with van der Waals surface area (Å²) in [5, 5.41) is 0. The van der Waals surface area contributed by atoms with Gasteiger partial charge in [0, 0.05) is 12.1 Å². The van der Waals surface area contributed by atoms with Crippen molar-refractivity contribution in [2.24, 2.45) is 0 Å². The molecule has 0 aliphatic rings. The van der Waals surface area contributed by atoms with Crippen molar-refractivity contribution in [2.45, 2.75) is 0 Å². The minimum atomic E-state index is 0. The standard InChI is InChI=1S/C13H9N.Ag/c1-3-7-12(8-4-1)11-14-13-9-5-2-6-10-13;/h1-7,9-10H;/q;+1. The average Bonchev–Trinajstić information content (AvgIpc) is 2.29. The summed E-state index contributed by atoms with van der Waals surface area (Å²) in [4.78, 5) is 4.20. The maximum Gasteiger partial charge on any atom is 1.00 e. The van der Waals surface area contributed by atoms with Gasteiger partial charge in [-0.1, -0.05) is 23.0 Å². The molecule has 1 nitrogen and oxygen atoms in total. The van der Waals surface area contributed by atoms with E-state index in [4.69, 9.17) is 0 Å². The fourth-order valence-electron chi connectivity index (χ4n) is 1.09. The van der Waals surface area contributed by atoms with E-state index in [1.54, 1.807) is 0 Å². The molecule has 0 heterocycles. The first-order valence-electron chi connectivity index (χ1n) is 4.44. The van der Waals surface area contributed by atoms with Gasteiger partial charge < -0.3 is 0 Å². The van der Waals surface area contributed by atoms with E-state index >= 15 is 0 Å². The molecule has 0 saturated carbocycles. The number of rotatable bonds is 0. The SMILES string of the molecule is C(#[N+]c1ccccc1)c1[c-]cccc1.[Ag+]. The molecule has 0 saturated heterocycles. The van der Waals surface area contributed by atoms with Crippen LogP contribution in [-0.4, -0.2) is 0 Å². The first-order chi connectivity index (χ1) is 6.95. The summed E-state index contributed by atoms with van der Waals surface area (Å²) in [5.74, 6) is 0. The monoisotopic (exact) mass is 286 g/mol. The molecule has 2 aromatic rings. The Kier molecular flexibility index (Phi) is 4.86. The molecule has 0 bridgehead atoms. The second kappa shape index (κ2) is 6.21. The van der Waals surface area contributed by atoms with E-state index in [0.29, 0.717) is 0 Å². The zero-order valence-corrected chi connectivity index (χ0v) is 9.43. The van der Waals surface area contributed by atoms with Crippen LogP contribution in [0.3, 0.4) is 0 Å². The molecule has 0 aliphatic carbocycles. The van der Waals surface area contributed by atoms with Crippen LogP contribution in [0, 0.1) is 12.1 Å². The Hall–Kier alpha value is -1.33. The molecule has 76 valence electrons. The third-order valence-electron chi connectivity index (χ3n) is 1.77. The van der Waals surface area contributed by atoms with Crippen LogP contribution < -0.4 is 0 Å². The fourth-order valence-corrected chi connectivity index (χ4v) is 1.09. The number of benzene rings is 2. The van der Waals surface area contributed by atoms with Crippen LogP contribution in [0.2, 0.25) is 0 Å². The fraction of sp³-hybridized carbons (Fsp3) is 0. The molecule has 2 aromatic carbocycles. The van der Waals surface area contributed by atoms with Crippen molar-refractivity contribution in [1.82, 2.24) is 0 Å². The molecule has 0 spiro atoms. The first kappa shape index (κ1) is 11.7. The maximum atomic E-state index is 4.20. The van der Waals surface area contributed by atoms with Gasteiger partial charge >= 0.3 is 28.1 Å². The summed E-state index contributed by atoms with van der Waals surface area (Å²) < 4.78 is 0. The average molecular weight is 287 g/mol. The Bertz CT molecular complexity index is 411. The van der Waals surface area contributed by atoms with Gasteiger partial charge in [0.2, 0.25) is 0 Å². The van der Waals surface area contributed by atoms with E-state index in [1.807, 2.05) is 54.6 Å². The van der Waals surface area contributed by atoms with E-state index in [2.05, 4.69) is 17.0 Å². The Morgan fingerprint density at radius 3 is 2.33 bits per heavy atom. The quantitative estimate of drug-likeness (QED) is 0.516. The van der Waals surface area contributed by atoms with Crippen molar-refractivity contribution in [3.8, 4) is 6.07 Å². The Morgan fingerprint density at radius 2 is 1.67 bits per heavy atom. The number of nitrogens with zero attached hydrogens (tertiary/aromatic N) is 1. The van der Waals surface area contributed by atoms with Gasteiger partial charge in [0.05, 0.1) is 0 Å². The molecule has 15 heavy (non-hydrogen) atoms. The van der Waals surface area contributed by atoms with Crippen molar-refractivity contribution in [2.75, 3.05) is 0 Å². The van der Waals surface area contributed by atoms with Crippen LogP contribution in [-0.2, 0) is 22.4 Å². The zero-order chi connectivity index (χ0) is 9.64. The summed E-state index contributed by atoms with van der Waals surface area (Å²) >= 11 is 0. The Morgan fingerprint density at radius 1 is 0.933 bits per heavy atom. The van der Waals surface area contributed by atoms with Crippen molar-refractivity contribution in [3.63, 3.8) is 0 Å². The molecular weight excluding hydrogens is 278 g/mol. The smallest absolute Gasteiger partial charge is 0.146 e. The van der Waals surface area contributed by atoms with E-state index in [0.717, 1.165) is 11.3 Å². The maximum absolute atomic E-state index is 4.20. The summed E-state index contributed by atoms with van der Waals surface area (Å²) in [6.45, 7) is 0. The van der Waals surface area contributed by atoms with Gasteiger partial charge in [0.15, 0.2) is 6.07 Å². The molecule has 2 heteroatoms.